The van der Waals surface area contributed by atoms with Crippen LogP contribution in [0.5, 0.6) is 0 Å². The quantitative estimate of drug-likeness (QED) is 0.850. The summed E-state index contributed by atoms with van der Waals surface area (Å²) in [6.07, 6.45) is 3.83. The fourth-order valence-electron chi connectivity index (χ4n) is 2.32. The van der Waals surface area contributed by atoms with Crippen LogP contribution in [0.3, 0.4) is 0 Å². The Morgan fingerprint density at radius 2 is 2.16 bits per heavy atom. The highest BCUT2D eigenvalue weighted by Crippen LogP contribution is 2.37. The molecule has 2 rings (SSSR count). The molecule has 1 heterocycles. The van der Waals surface area contributed by atoms with E-state index < -0.39 is 5.60 Å². The van der Waals surface area contributed by atoms with Gasteiger partial charge in [0.25, 0.3) is 0 Å². The molecule has 2 fully saturated rings. The first-order valence-electron chi connectivity index (χ1n) is 7.15. The van der Waals surface area contributed by atoms with Gasteiger partial charge >= 0.3 is 6.09 Å². The number of morpholine rings is 1. The van der Waals surface area contributed by atoms with Gasteiger partial charge in [-0.2, -0.15) is 0 Å². The van der Waals surface area contributed by atoms with Crippen molar-refractivity contribution in [2.24, 2.45) is 5.73 Å². The van der Waals surface area contributed by atoms with E-state index in [0.717, 1.165) is 25.7 Å². The van der Waals surface area contributed by atoms with Crippen LogP contribution in [0.15, 0.2) is 0 Å². The molecule has 1 unspecified atom stereocenters. The normalized spacial score (nSPS) is 26.1. The number of carbonyl (C=O) groups excluding carboxylic acids is 1. The van der Waals surface area contributed by atoms with Crippen LogP contribution in [0, 0.1) is 0 Å². The van der Waals surface area contributed by atoms with Crippen molar-refractivity contribution in [1.82, 2.24) is 4.90 Å². The molecule has 110 valence electrons. The molecule has 0 aromatic heterocycles. The number of hydrogen-bond acceptors (Lipinski definition) is 4. The number of carbonyl (C=O) groups is 1. The summed E-state index contributed by atoms with van der Waals surface area (Å²) >= 11 is 0. The van der Waals surface area contributed by atoms with Crippen molar-refractivity contribution in [2.45, 2.75) is 63.6 Å². The number of ether oxygens (including phenoxy) is 2. The first-order chi connectivity index (χ1) is 8.79. The van der Waals surface area contributed by atoms with Gasteiger partial charge in [0.1, 0.15) is 5.60 Å². The molecular formula is C14H26N2O3. The van der Waals surface area contributed by atoms with Crippen LogP contribution >= 0.6 is 0 Å². The molecule has 0 spiro atoms. The Bertz CT molecular complexity index is 334. The van der Waals surface area contributed by atoms with Crippen molar-refractivity contribution in [3.8, 4) is 0 Å². The number of amides is 1. The molecule has 2 aliphatic rings. The molecule has 5 nitrogen and oxygen atoms in total. The van der Waals surface area contributed by atoms with Crippen molar-refractivity contribution >= 4 is 6.09 Å². The highest BCUT2D eigenvalue weighted by atomic mass is 16.6. The Balaban J connectivity index is 1.89. The maximum Gasteiger partial charge on any atom is 0.410 e. The molecular weight excluding hydrogens is 244 g/mol. The maximum atomic E-state index is 12.2. The minimum Gasteiger partial charge on any atom is -0.444 e. The molecule has 0 aromatic rings. The van der Waals surface area contributed by atoms with Gasteiger partial charge in [-0.25, -0.2) is 4.79 Å². The lowest BCUT2D eigenvalue weighted by Gasteiger charge is -2.37. The van der Waals surface area contributed by atoms with E-state index in [0.29, 0.717) is 19.8 Å². The smallest absolute Gasteiger partial charge is 0.410 e. The lowest BCUT2D eigenvalue weighted by Crippen LogP contribution is -2.50. The molecule has 19 heavy (non-hydrogen) atoms. The molecule has 0 aromatic carbocycles. The molecule has 0 radical (unpaired) electrons. The molecule has 1 aliphatic carbocycles. The van der Waals surface area contributed by atoms with Crippen LogP contribution in [0.2, 0.25) is 0 Å². The summed E-state index contributed by atoms with van der Waals surface area (Å²) in [6, 6.07) is 0.102. The van der Waals surface area contributed by atoms with Crippen molar-refractivity contribution < 1.29 is 14.3 Å². The fraction of sp³-hybridized carbons (Fsp3) is 0.929. The SMILES string of the molecule is CC(C)(C)OC(=O)N1CCOCC1CCC1(N)CC1. The zero-order valence-corrected chi connectivity index (χ0v) is 12.3. The first-order valence-corrected chi connectivity index (χ1v) is 7.15. The van der Waals surface area contributed by atoms with Crippen LogP contribution in [0.25, 0.3) is 0 Å². The number of rotatable bonds is 3. The Morgan fingerprint density at radius 1 is 1.47 bits per heavy atom. The summed E-state index contributed by atoms with van der Waals surface area (Å²) in [4.78, 5) is 14.0. The summed E-state index contributed by atoms with van der Waals surface area (Å²) in [6.45, 7) is 7.45. The van der Waals surface area contributed by atoms with Crippen LogP contribution in [-0.2, 0) is 9.47 Å². The second-order valence-electron chi connectivity index (χ2n) is 6.80. The Hall–Kier alpha value is -0.810. The summed E-state index contributed by atoms with van der Waals surface area (Å²) in [5, 5.41) is 0. The van der Waals surface area contributed by atoms with Gasteiger partial charge in [-0.1, -0.05) is 0 Å². The summed E-state index contributed by atoms with van der Waals surface area (Å²) in [5.41, 5.74) is 5.68. The van der Waals surface area contributed by atoms with E-state index in [9.17, 15) is 4.79 Å². The monoisotopic (exact) mass is 270 g/mol. The third-order valence-electron chi connectivity index (χ3n) is 3.72. The minimum absolute atomic E-state index is 0.0249. The largest absolute Gasteiger partial charge is 0.444 e. The Labute approximate surface area is 115 Å². The highest BCUT2D eigenvalue weighted by molar-refractivity contribution is 5.68. The number of nitrogens with two attached hydrogens (primary N) is 1. The standard InChI is InChI=1S/C14H26N2O3/c1-13(2,3)19-12(17)16-8-9-18-10-11(16)4-5-14(15)6-7-14/h11H,4-10,15H2,1-3H3. The van der Waals surface area contributed by atoms with Crippen LogP contribution in [0.1, 0.15) is 46.5 Å². The third kappa shape index (κ3) is 4.35. The second kappa shape index (κ2) is 5.29. The molecule has 5 heteroatoms. The zero-order valence-electron chi connectivity index (χ0n) is 12.3. The summed E-state index contributed by atoms with van der Waals surface area (Å²) < 4.78 is 10.9. The van der Waals surface area contributed by atoms with Gasteiger partial charge in [-0.05, 0) is 46.5 Å². The van der Waals surface area contributed by atoms with Gasteiger partial charge in [-0.3, -0.25) is 0 Å². The Morgan fingerprint density at radius 3 is 2.74 bits per heavy atom. The number of hydrogen-bond donors (Lipinski definition) is 1. The van der Waals surface area contributed by atoms with Crippen molar-refractivity contribution in [3.05, 3.63) is 0 Å². The molecule has 1 atom stereocenters. The molecule has 1 saturated carbocycles. The minimum atomic E-state index is -0.453. The van der Waals surface area contributed by atoms with Gasteiger partial charge < -0.3 is 20.1 Å². The van der Waals surface area contributed by atoms with Gasteiger partial charge in [0.15, 0.2) is 0 Å². The topological polar surface area (TPSA) is 64.8 Å². The Kier molecular flexibility index (Phi) is 4.06. The van der Waals surface area contributed by atoms with E-state index in [2.05, 4.69) is 0 Å². The number of nitrogens with zero attached hydrogens (tertiary/aromatic N) is 1. The lowest BCUT2D eigenvalue weighted by molar-refractivity contribution is -0.0347. The van der Waals surface area contributed by atoms with Crippen LogP contribution in [0.4, 0.5) is 4.79 Å². The zero-order chi connectivity index (χ0) is 14.1. The van der Waals surface area contributed by atoms with E-state index in [1.807, 2.05) is 20.8 Å². The average Bonchev–Trinajstić information content (AvgIpc) is 3.03. The highest BCUT2D eigenvalue weighted by Gasteiger charge is 2.39. The summed E-state index contributed by atoms with van der Waals surface area (Å²) in [7, 11) is 0. The molecule has 1 saturated heterocycles. The van der Waals surface area contributed by atoms with E-state index >= 15 is 0 Å². The van der Waals surface area contributed by atoms with Gasteiger partial charge in [0.2, 0.25) is 0 Å². The predicted molar refractivity (Wildman–Crippen MR) is 72.9 cm³/mol. The van der Waals surface area contributed by atoms with Crippen molar-refractivity contribution in [1.29, 1.82) is 0 Å². The van der Waals surface area contributed by atoms with Gasteiger partial charge in [0, 0.05) is 12.1 Å². The molecule has 1 amide bonds. The van der Waals surface area contributed by atoms with Crippen LogP contribution in [-0.4, -0.2) is 47.9 Å². The van der Waals surface area contributed by atoms with Gasteiger partial charge in [-0.15, -0.1) is 0 Å². The van der Waals surface area contributed by atoms with E-state index in [-0.39, 0.29) is 17.7 Å². The maximum absolute atomic E-state index is 12.2. The second-order valence-corrected chi connectivity index (χ2v) is 6.80. The molecule has 2 N–H and O–H groups in total. The molecule has 0 bridgehead atoms. The van der Waals surface area contributed by atoms with Crippen molar-refractivity contribution in [2.75, 3.05) is 19.8 Å². The predicted octanol–water partition coefficient (Wildman–Crippen LogP) is 1.89. The van der Waals surface area contributed by atoms with Gasteiger partial charge in [0.05, 0.1) is 19.3 Å². The van der Waals surface area contributed by atoms with E-state index in [1.54, 1.807) is 4.90 Å². The third-order valence-corrected chi connectivity index (χ3v) is 3.72. The van der Waals surface area contributed by atoms with Crippen molar-refractivity contribution in [3.63, 3.8) is 0 Å². The first kappa shape index (κ1) is 14.6. The van der Waals surface area contributed by atoms with Crippen LogP contribution < -0.4 is 5.73 Å². The molecule has 1 aliphatic heterocycles. The summed E-state index contributed by atoms with van der Waals surface area (Å²) in [5.74, 6) is 0. The van der Waals surface area contributed by atoms with E-state index in [4.69, 9.17) is 15.2 Å². The average molecular weight is 270 g/mol. The fourth-order valence-corrected chi connectivity index (χ4v) is 2.32. The lowest BCUT2D eigenvalue weighted by atomic mass is 10.0. The van der Waals surface area contributed by atoms with E-state index in [1.165, 1.54) is 0 Å².